The molecule has 0 spiro atoms. The Morgan fingerprint density at radius 1 is 1.17 bits per heavy atom. The lowest BCUT2D eigenvalue weighted by molar-refractivity contribution is -0.143. The van der Waals surface area contributed by atoms with Crippen LogP contribution in [0.15, 0.2) is 24.3 Å². The number of thiocarbonyl (C=S) groups is 1. The number of rotatable bonds is 5. The number of esters is 2. The fourth-order valence-corrected chi connectivity index (χ4v) is 3.27. The molecule has 1 unspecified atom stereocenters. The van der Waals surface area contributed by atoms with Gasteiger partial charge in [-0.05, 0) is 37.0 Å². The molecule has 0 radical (unpaired) electrons. The van der Waals surface area contributed by atoms with Crippen molar-refractivity contribution in [2.75, 3.05) is 27.3 Å². The van der Waals surface area contributed by atoms with Gasteiger partial charge >= 0.3 is 11.9 Å². The van der Waals surface area contributed by atoms with Gasteiger partial charge in [0.15, 0.2) is 0 Å². The fraction of sp³-hybridized carbons (Fsp3) is 0.500. The summed E-state index contributed by atoms with van der Waals surface area (Å²) in [4.78, 5) is 26.1. The van der Waals surface area contributed by atoms with Crippen LogP contribution in [0.5, 0.6) is 0 Å². The molecule has 1 aliphatic rings. The molecule has 1 aromatic rings. The SMILES string of the molecule is COC(=O)c1ccc(CCN2CCCCC(C(=O)OC)C2=S)cc1. The Hall–Kier alpha value is -1.95. The van der Waals surface area contributed by atoms with E-state index in [-0.39, 0.29) is 17.9 Å². The molecule has 1 aliphatic heterocycles. The normalized spacial score (nSPS) is 18.0. The summed E-state index contributed by atoms with van der Waals surface area (Å²) in [6, 6.07) is 7.37. The van der Waals surface area contributed by atoms with Crippen molar-refractivity contribution < 1.29 is 19.1 Å². The topological polar surface area (TPSA) is 55.8 Å². The molecule has 1 atom stereocenters. The molecule has 130 valence electrons. The first-order valence-corrected chi connectivity index (χ1v) is 8.51. The van der Waals surface area contributed by atoms with Gasteiger partial charge in [-0.3, -0.25) is 4.79 Å². The van der Waals surface area contributed by atoms with Crippen LogP contribution in [0.1, 0.15) is 35.2 Å². The van der Waals surface area contributed by atoms with E-state index in [1.807, 2.05) is 12.1 Å². The van der Waals surface area contributed by atoms with E-state index in [0.29, 0.717) is 10.6 Å². The van der Waals surface area contributed by atoms with Gasteiger partial charge in [0.2, 0.25) is 0 Å². The molecule has 6 heteroatoms. The van der Waals surface area contributed by atoms with Gasteiger partial charge in [0.1, 0.15) is 5.92 Å². The lowest BCUT2D eigenvalue weighted by atomic mass is 10.0. The summed E-state index contributed by atoms with van der Waals surface area (Å²) in [6.07, 6.45) is 3.56. The minimum atomic E-state index is -0.337. The third-order valence-electron chi connectivity index (χ3n) is 4.31. The number of carbonyl (C=O) groups is 2. The van der Waals surface area contributed by atoms with Crippen molar-refractivity contribution in [3.8, 4) is 0 Å². The zero-order chi connectivity index (χ0) is 17.5. The average molecular weight is 349 g/mol. The molecule has 1 aromatic carbocycles. The molecular formula is C18H23NO4S. The second-order valence-electron chi connectivity index (χ2n) is 5.84. The molecule has 0 aromatic heterocycles. The Morgan fingerprint density at radius 2 is 1.88 bits per heavy atom. The highest BCUT2D eigenvalue weighted by atomic mass is 32.1. The van der Waals surface area contributed by atoms with Gasteiger partial charge in [-0.25, -0.2) is 4.79 Å². The van der Waals surface area contributed by atoms with Crippen molar-refractivity contribution in [3.63, 3.8) is 0 Å². The molecule has 0 aliphatic carbocycles. The van der Waals surface area contributed by atoms with Gasteiger partial charge in [0.05, 0.1) is 24.8 Å². The summed E-state index contributed by atoms with van der Waals surface area (Å²) >= 11 is 5.53. The predicted molar refractivity (Wildman–Crippen MR) is 95.0 cm³/mol. The van der Waals surface area contributed by atoms with E-state index in [0.717, 1.165) is 44.3 Å². The maximum absolute atomic E-state index is 11.9. The zero-order valence-electron chi connectivity index (χ0n) is 14.1. The Balaban J connectivity index is 1.98. The first-order valence-electron chi connectivity index (χ1n) is 8.10. The molecule has 5 nitrogen and oxygen atoms in total. The molecule has 2 rings (SSSR count). The minimum absolute atomic E-state index is 0.241. The molecule has 1 heterocycles. The summed E-state index contributed by atoms with van der Waals surface area (Å²) in [6.45, 7) is 1.62. The van der Waals surface area contributed by atoms with Crippen LogP contribution in [-0.2, 0) is 20.7 Å². The summed E-state index contributed by atoms with van der Waals surface area (Å²) in [5.74, 6) is -0.889. The highest BCUT2D eigenvalue weighted by Gasteiger charge is 2.29. The smallest absolute Gasteiger partial charge is 0.337 e. The Kier molecular flexibility index (Phi) is 6.73. The van der Waals surface area contributed by atoms with Crippen LogP contribution in [-0.4, -0.2) is 49.1 Å². The Bertz CT molecular complexity index is 600. The quantitative estimate of drug-likeness (QED) is 0.602. The van der Waals surface area contributed by atoms with Crippen molar-refractivity contribution in [1.82, 2.24) is 4.90 Å². The lowest BCUT2D eigenvalue weighted by Gasteiger charge is -2.26. The third kappa shape index (κ3) is 4.54. The van der Waals surface area contributed by atoms with E-state index in [9.17, 15) is 9.59 Å². The molecule has 0 N–H and O–H groups in total. The van der Waals surface area contributed by atoms with Crippen LogP contribution < -0.4 is 0 Å². The maximum Gasteiger partial charge on any atom is 0.337 e. The minimum Gasteiger partial charge on any atom is -0.468 e. The number of ether oxygens (including phenoxy) is 2. The molecular weight excluding hydrogens is 326 g/mol. The maximum atomic E-state index is 11.9. The van der Waals surface area contributed by atoms with E-state index in [1.54, 1.807) is 12.1 Å². The largest absolute Gasteiger partial charge is 0.468 e. The standard InChI is InChI=1S/C18H23NO4S/c1-22-17(20)14-8-6-13(7-9-14)10-12-19-11-4-3-5-15(16(19)24)18(21)23-2/h6-9,15H,3-5,10-12H2,1-2H3. The Labute approximate surface area is 147 Å². The number of benzene rings is 1. The number of hydrogen-bond donors (Lipinski definition) is 0. The first-order chi connectivity index (χ1) is 11.6. The molecule has 0 amide bonds. The predicted octanol–water partition coefficient (Wildman–Crippen LogP) is 2.62. The number of hydrogen-bond acceptors (Lipinski definition) is 5. The van der Waals surface area contributed by atoms with E-state index in [4.69, 9.17) is 21.7 Å². The zero-order valence-corrected chi connectivity index (χ0v) is 14.9. The average Bonchev–Trinajstić information content (AvgIpc) is 2.80. The fourth-order valence-electron chi connectivity index (χ4n) is 2.88. The van der Waals surface area contributed by atoms with E-state index in [2.05, 4.69) is 4.90 Å². The van der Waals surface area contributed by atoms with Gasteiger partial charge in [0, 0.05) is 13.1 Å². The number of nitrogens with zero attached hydrogens (tertiary/aromatic N) is 1. The number of carbonyl (C=O) groups excluding carboxylic acids is 2. The third-order valence-corrected chi connectivity index (χ3v) is 4.85. The van der Waals surface area contributed by atoms with Crippen LogP contribution in [0.3, 0.4) is 0 Å². The van der Waals surface area contributed by atoms with Crippen LogP contribution in [0, 0.1) is 5.92 Å². The molecule has 0 saturated carbocycles. The summed E-state index contributed by atoms with van der Waals surface area (Å²) < 4.78 is 9.57. The first kappa shape index (κ1) is 18.4. The van der Waals surface area contributed by atoms with Crippen LogP contribution in [0.4, 0.5) is 0 Å². The van der Waals surface area contributed by atoms with Gasteiger partial charge < -0.3 is 14.4 Å². The number of methoxy groups -OCH3 is 2. The monoisotopic (exact) mass is 349 g/mol. The van der Waals surface area contributed by atoms with Crippen molar-refractivity contribution in [2.45, 2.75) is 25.7 Å². The summed E-state index contributed by atoms with van der Waals surface area (Å²) in [5.41, 5.74) is 1.65. The van der Waals surface area contributed by atoms with Crippen LogP contribution in [0.2, 0.25) is 0 Å². The van der Waals surface area contributed by atoms with E-state index >= 15 is 0 Å². The van der Waals surface area contributed by atoms with Crippen molar-refractivity contribution in [2.24, 2.45) is 5.92 Å². The van der Waals surface area contributed by atoms with Crippen molar-refractivity contribution >= 4 is 29.1 Å². The van der Waals surface area contributed by atoms with Gasteiger partial charge in [-0.1, -0.05) is 30.8 Å². The van der Waals surface area contributed by atoms with Crippen LogP contribution >= 0.6 is 12.2 Å². The van der Waals surface area contributed by atoms with Crippen LogP contribution in [0.25, 0.3) is 0 Å². The summed E-state index contributed by atoms with van der Waals surface area (Å²) in [5, 5.41) is 0. The van der Waals surface area contributed by atoms with E-state index in [1.165, 1.54) is 14.2 Å². The lowest BCUT2D eigenvalue weighted by Crippen LogP contribution is -2.38. The summed E-state index contributed by atoms with van der Waals surface area (Å²) in [7, 11) is 2.78. The van der Waals surface area contributed by atoms with Crippen molar-refractivity contribution in [1.29, 1.82) is 0 Å². The molecule has 0 bridgehead atoms. The Morgan fingerprint density at radius 3 is 2.50 bits per heavy atom. The van der Waals surface area contributed by atoms with Gasteiger partial charge in [-0.2, -0.15) is 0 Å². The second kappa shape index (κ2) is 8.78. The molecule has 1 fully saturated rings. The highest BCUT2D eigenvalue weighted by Crippen LogP contribution is 2.21. The molecule has 24 heavy (non-hydrogen) atoms. The van der Waals surface area contributed by atoms with E-state index < -0.39 is 0 Å². The van der Waals surface area contributed by atoms with Gasteiger partial charge in [0.25, 0.3) is 0 Å². The molecule has 1 saturated heterocycles. The second-order valence-corrected chi connectivity index (χ2v) is 6.25. The highest BCUT2D eigenvalue weighted by molar-refractivity contribution is 7.80. The van der Waals surface area contributed by atoms with Crippen molar-refractivity contribution in [3.05, 3.63) is 35.4 Å². The van der Waals surface area contributed by atoms with Gasteiger partial charge in [-0.15, -0.1) is 0 Å². The number of likely N-dealkylation sites (tertiary alicyclic amines) is 1.